The Balaban J connectivity index is 2.83. The fraction of sp³-hybridized carbons (Fsp3) is 0.133. The van der Waals surface area contributed by atoms with Crippen molar-refractivity contribution in [2.75, 3.05) is 4.31 Å². The highest BCUT2D eigenvalue weighted by Gasteiger charge is 2.38. The van der Waals surface area contributed by atoms with Crippen molar-refractivity contribution >= 4 is 61.4 Å². The summed E-state index contributed by atoms with van der Waals surface area (Å²) in [7, 11) is -4.60. The highest BCUT2D eigenvalue weighted by molar-refractivity contribution is 7.93. The maximum Gasteiger partial charge on any atom is 0.289 e. The quantitative estimate of drug-likeness (QED) is 0.382. The van der Waals surface area contributed by atoms with Crippen LogP contribution in [-0.4, -0.2) is 24.6 Å². The number of hydrogen-bond acceptors (Lipinski definition) is 5. The van der Waals surface area contributed by atoms with Crippen molar-refractivity contribution in [1.82, 2.24) is 0 Å². The number of nitrogens with zero attached hydrogens (tertiary/aromatic N) is 2. The van der Waals surface area contributed by atoms with E-state index >= 15 is 0 Å². The minimum Gasteiger partial charge on any atom is -0.279 e. The monoisotopic (exact) mass is 436 g/mol. The van der Waals surface area contributed by atoms with Gasteiger partial charge in [0.15, 0.2) is 4.90 Å². The van der Waals surface area contributed by atoms with E-state index in [-0.39, 0.29) is 15.7 Å². The number of nitro benzene ring substituents is 1. The molecule has 2 rings (SSSR count). The van der Waals surface area contributed by atoms with Crippen LogP contribution in [0, 0.1) is 10.1 Å². The van der Waals surface area contributed by atoms with Gasteiger partial charge in [0.2, 0.25) is 5.24 Å². The number of para-hydroxylation sites is 2. The Bertz CT molecular complexity index is 961. The molecule has 2 aromatic carbocycles. The lowest BCUT2D eigenvalue weighted by molar-refractivity contribution is -0.387. The molecule has 0 saturated carbocycles. The number of benzene rings is 2. The van der Waals surface area contributed by atoms with E-state index in [0.717, 1.165) is 12.1 Å². The van der Waals surface area contributed by atoms with Crippen LogP contribution >= 0.6 is 34.8 Å². The predicted molar refractivity (Wildman–Crippen MR) is 99.5 cm³/mol. The molecule has 0 radical (unpaired) electrons. The van der Waals surface area contributed by atoms with E-state index < -0.39 is 36.8 Å². The zero-order valence-corrected chi connectivity index (χ0v) is 16.2. The SMILES string of the molecule is CC(C(=O)Cl)N(c1c(Cl)cccc1Cl)S(=O)(=O)c1ccccc1[N+](=O)[O-]. The Morgan fingerprint density at radius 1 is 1.12 bits per heavy atom. The number of rotatable bonds is 6. The summed E-state index contributed by atoms with van der Waals surface area (Å²) in [6.07, 6.45) is 0. The summed E-state index contributed by atoms with van der Waals surface area (Å²) < 4.78 is 27.0. The second kappa shape index (κ2) is 7.79. The van der Waals surface area contributed by atoms with Gasteiger partial charge < -0.3 is 0 Å². The van der Waals surface area contributed by atoms with Gasteiger partial charge in [0, 0.05) is 6.07 Å². The third-order valence-corrected chi connectivity index (χ3v) is 6.28. The molecule has 0 aliphatic rings. The zero-order valence-electron chi connectivity index (χ0n) is 13.1. The van der Waals surface area contributed by atoms with Gasteiger partial charge in [-0.25, -0.2) is 8.42 Å². The third kappa shape index (κ3) is 3.78. The maximum atomic E-state index is 13.2. The minimum absolute atomic E-state index is 0.0653. The van der Waals surface area contributed by atoms with Crippen molar-refractivity contribution in [3.8, 4) is 0 Å². The molecule has 0 saturated heterocycles. The van der Waals surface area contributed by atoms with Crippen LogP contribution in [0.3, 0.4) is 0 Å². The molecule has 0 heterocycles. The highest BCUT2D eigenvalue weighted by Crippen LogP contribution is 2.40. The lowest BCUT2D eigenvalue weighted by Gasteiger charge is -2.29. The first-order valence-corrected chi connectivity index (χ1v) is 9.57. The molecular formula is C15H11Cl3N2O5S. The molecule has 0 aliphatic heterocycles. The van der Waals surface area contributed by atoms with Gasteiger partial charge in [-0.3, -0.25) is 19.2 Å². The Kier molecular flexibility index (Phi) is 6.13. The molecule has 7 nitrogen and oxygen atoms in total. The van der Waals surface area contributed by atoms with Crippen molar-refractivity contribution in [2.24, 2.45) is 0 Å². The zero-order chi connectivity index (χ0) is 19.6. The van der Waals surface area contributed by atoms with Crippen LogP contribution in [0.2, 0.25) is 10.0 Å². The van der Waals surface area contributed by atoms with Crippen LogP contribution in [-0.2, 0) is 14.8 Å². The molecular weight excluding hydrogens is 427 g/mol. The Labute approximate surface area is 164 Å². The first-order valence-electron chi connectivity index (χ1n) is 7.00. The minimum atomic E-state index is -4.60. The summed E-state index contributed by atoms with van der Waals surface area (Å²) >= 11 is 17.7. The summed E-state index contributed by atoms with van der Waals surface area (Å²) in [6.45, 7) is 1.22. The van der Waals surface area contributed by atoms with Gasteiger partial charge in [-0.05, 0) is 36.7 Å². The largest absolute Gasteiger partial charge is 0.289 e. The first kappa shape index (κ1) is 20.4. The lowest BCUT2D eigenvalue weighted by atomic mass is 10.3. The average Bonchev–Trinajstić information content (AvgIpc) is 2.57. The molecule has 26 heavy (non-hydrogen) atoms. The molecule has 0 bridgehead atoms. The molecule has 0 fully saturated rings. The summed E-state index contributed by atoms with van der Waals surface area (Å²) in [5.41, 5.74) is -0.856. The topological polar surface area (TPSA) is 97.6 Å². The van der Waals surface area contributed by atoms with E-state index in [1.165, 1.54) is 37.3 Å². The highest BCUT2D eigenvalue weighted by atomic mass is 35.5. The van der Waals surface area contributed by atoms with Gasteiger partial charge in [-0.15, -0.1) is 0 Å². The molecule has 0 N–H and O–H groups in total. The van der Waals surface area contributed by atoms with Gasteiger partial charge >= 0.3 is 0 Å². The van der Waals surface area contributed by atoms with E-state index in [1.54, 1.807) is 0 Å². The number of nitro groups is 1. The van der Waals surface area contributed by atoms with E-state index in [2.05, 4.69) is 0 Å². The van der Waals surface area contributed by atoms with Crippen molar-refractivity contribution in [3.05, 3.63) is 62.6 Å². The summed E-state index contributed by atoms with van der Waals surface area (Å²) in [5.74, 6) is 0. The molecule has 0 aliphatic carbocycles. The number of carbonyl (C=O) groups excluding carboxylic acids is 1. The first-order chi connectivity index (χ1) is 12.1. The van der Waals surface area contributed by atoms with E-state index in [4.69, 9.17) is 34.8 Å². The fourth-order valence-corrected chi connectivity index (χ4v) is 4.90. The fourth-order valence-electron chi connectivity index (χ4n) is 2.25. The molecule has 138 valence electrons. The predicted octanol–water partition coefficient (Wildman–Crippen LogP) is 4.25. The van der Waals surface area contributed by atoms with Crippen LogP contribution in [0.25, 0.3) is 0 Å². The lowest BCUT2D eigenvalue weighted by Crippen LogP contribution is -2.42. The molecule has 2 aromatic rings. The van der Waals surface area contributed by atoms with Crippen molar-refractivity contribution in [3.63, 3.8) is 0 Å². The van der Waals surface area contributed by atoms with Gasteiger partial charge in [-0.2, -0.15) is 0 Å². The molecule has 0 aromatic heterocycles. The van der Waals surface area contributed by atoms with Gasteiger partial charge in [-0.1, -0.05) is 41.4 Å². The Hall–Kier alpha value is -1.87. The molecule has 11 heteroatoms. The third-order valence-electron chi connectivity index (χ3n) is 3.44. The summed E-state index contributed by atoms with van der Waals surface area (Å²) in [4.78, 5) is 21.5. The molecule has 1 unspecified atom stereocenters. The van der Waals surface area contributed by atoms with E-state index in [9.17, 15) is 23.3 Å². The second-order valence-electron chi connectivity index (χ2n) is 5.08. The Morgan fingerprint density at radius 2 is 1.65 bits per heavy atom. The van der Waals surface area contributed by atoms with E-state index in [0.29, 0.717) is 4.31 Å². The van der Waals surface area contributed by atoms with Crippen LogP contribution in [0.1, 0.15) is 6.92 Å². The van der Waals surface area contributed by atoms with Crippen LogP contribution < -0.4 is 4.31 Å². The number of halogens is 3. The number of sulfonamides is 1. The standard InChI is InChI=1S/C15H11Cl3N2O5S/c1-9(15(18)21)19(14-10(16)5-4-6-11(14)17)26(24,25)13-8-3-2-7-12(13)20(22)23/h2-9H,1H3. The van der Waals surface area contributed by atoms with Crippen LogP contribution in [0.5, 0.6) is 0 Å². The van der Waals surface area contributed by atoms with Crippen molar-refractivity contribution in [2.45, 2.75) is 17.9 Å². The van der Waals surface area contributed by atoms with Crippen molar-refractivity contribution in [1.29, 1.82) is 0 Å². The van der Waals surface area contributed by atoms with Crippen LogP contribution in [0.15, 0.2) is 47.4 Å². The van der Waals surface area contributed by atoms with Crippen LogP contribution in [0.4, 0.5) is 11.4 Å². The Morgan fingerprint density at radius 3 is 2.15 bits per heavy atom. The van der Waals surface area contributed by atoms with E-state index in [1.807, 2.05) is 0 Å². The van der Waals surface area contributed by atoms with Gasteiger partial charge in [0.05, 0.1) is 20.7 Å². The average molecular weight is 438 g/mol. The number of anilines is 1. The molecule has 1 atom stereocenters. The smallest absolute Gasteiger partial charge is 0.279 e. The number of carbonyl (C=O) groups is 1. The van der Waals surface area contributed by atoms with Gasteiger partial charge in [0.25, 0.3) is 15.7 Å². The number of hydrogen-bond donors (Lipinski definition) is 0. The second-order valence-corrected chi connectivity index (χ2v) is 8.05. The van der Waals surface area contributed by atoms with Gasteiger partial charge in [0.1, 0.15) is 6.04 Å². The van der Waals surface area contributed by atoms with Crippen molar-refractivity contribution < 1.29 is 18.1 Å². The maximum absolute atomic E-state index is 13.2. The normalized spacial score (nSPS) is 12.5. The molecule has 0 amide bonds. The summed E-state index contributed by atoms with van der Waals surface area (Å²) in [5, 5.41) is 10.1. The summed E-state index contributed by atoms with van der Waals surface area (Å²) in [6, 6.07) is 7.53. The molecule has 0 spiro atoms.